The molecule has 2 aromatic rings. The predicted octanol–water partition coefficient (Wildman–Crippen LogP) is 2.53. The summed E-state index contributed by atoms with van der Waals surface area (Å²) in [5, 5.41) is 3.00. The van der Waals surface area contributed by atoms with E-state index < -0.39 is 0 Å². The molecule has 6 heteroatoms. The van der Waals surface area contributed by atoms with Gasteiger partial charge in [-0.3, -0.25) is 0 Å². The SMILES string of the molecule is COc1ccc(OC)c(NC(N)=NCc2occc2C)c1. The number of methoxy groups -OCH3 is 2. The van der Waals surface area contributed by atoms with Gasteiger partial charge in [-0.05, 0) is 30.7 Å². The van der Waals surface area contributed by atoms with Crippen molar-refractivity contribution in [3.05, 3.63) is 41.9 Å². The van der Waals surface area contributed by atoms with E-state index in [-0.39, 0.29) is 5.96 Å². The predicted molar refractivity (Wildman–Crippen MR) is 81.9 cm³/mol. The van der Waals surface area contributed by atoms with E-state index in [9.17, 15) is 0 Å². The first-order valence-corrected chi connectivity index (χ1v) is 6.46. The molecule has 0 aliphatic rings. The van der Waals surface area contributed by atoms with Gasteiger partial charge in [0, 0.05) is 6.07 Å². The Kier molecular flexibility index (Phi) is 4.71. The second-order valence-corrected chi connectivity index (χ2v) is 4.42. The Bertz CT molecular complexity index is 635. The number of rotatable bonds is 5. The van der Waals surface area contributed by atoms with Crippen molar-refractivity contribution in [1.29, 1.82) is 0 Å². The van der Waals surface area contributed by atoms with Crippen molar-refractivity contribution < 1.29 is 13.9 Å². The number of aryl methyl sites for hydroxylation is 1. The molecule has 1 aromatic carbocycles. The highest BCUT2D eigenvalue weighted by molar-refractivity contribution is 5.93. The van der Waals surface area contributed by atoms with Gasteiger partial charge in [0.2, 0.25) is 0 Å². The van der Waals surface area contributed by atoms with Crippen LogP contribution in [0.4, 0.5) is 5.69 Å². The Morgan fingerprint density at radius 2 is 2.10 bits per heavy atom. The van der Waals surface area contributed by atoms with Crippen LogP contribution in [0.1, 0.15) is 11.3 Å². The standard InChI is InChI=1S/C15H19N3O3/c1-10-6-7-21-14(10)9-17-15(16)18-12-8-11(19-2)4-5-13(12)20-3/h4-8H,9H2,1-3H3,(H3,16,17,18). The molecular formula is C15H19N3O3. The van der Waals surface area contributed by atoms with Crippen LogP contribution < -0.4 is 20.5 Å². The van der Waals surface area contributed by atoms with Gasteiger partial charge < -0.3 is 24.9 Å². The maximum Gasteiger partial charge on any atom is 0.193 e. The molecule has 0 bridgehead atoms. The van der Waals surface area contributed by atoms with Gasteiger partial charge in [0.15, 0.2) is 5.96 Å². The summed E-state index contributed by atoms with van der Waals surface area (Å²) in [6.07, 6.45) is 1.63. The lowest BCUT2D eigenvalue weighted by molar-refractivity contribution is 0.405. The van der Waals surface area contributed by atoms with Crippen LogP contribution in [-0.2, 0) is 6.54 Å². The molecule has 0 aliphatic carbocycles. The number of hydrogen-bond acceptors (Lipinski definition) is 4. The molecule has 0 fully saturated rings. The third kappa shape index (κ3) is 3.68. The summed E-state index contributed by atoms with van der Waals surface area (Å²) < 4.78 is 15.8. The first-order valence-electron chi connectivity index (χ1n) is 6.46. The lowest BCUT2D eigenvalue weighted by Gasteiger charge is -2.12. The van der Waals surface area contributed by atoms with Gasteiger partial charge >= 0.3 is 0 Å². The Hall–Kier alpha value is -2.63. The highest BCUT2D eigenvalue weighted by atomic mass is 16.5. The van der Waals surface area contributed by atoms with E-state index >= 15 is 0 Å². The van der Waals surface area contributed by atoms with Crippen molar-refractivity contribution in [1.82, 2.24) is 0 Å². The van der Waals surface area contributed by atoms with Gasteiger partial charge in [0.05, 0.1) is 26.2 Å². The number of nitrogens with one attached hydrogen (secondary N) is 1. The topological polar surface area (TPSA) is 82.0 Å². The van der Waals surface area contributed by atoms with Crippen LogP contribution >= 0.6 is 0 Å². The van der Waals surface area contributed by atoms with Gasteiger partial charge in [-0.2, -0.15) is 0 Å². The summed E-state index contributed by atoms with van der Waals surface area (Å²) in [5.74, 6) is 2.42. The van der Waals surface area contributed by atoms with Gasteiger partial charge in [-0.25, -0.2) is 4.99 Å². The fourth-order valence-electron chi connectivity index (χ4n) is 1.81. The van der Waals surface area contributed by atoms with Crippen molar-refractivity contribution in [3.8, 4) is 11.5 Å². The van der Waals surface area contributed by atoms with Crippen molar-refractivity contribution >= 4 is 11.6 Å². The van der Waals surface area contributed by atoms with Crippen molar-refractivity contribution in [2.24, 2.45) is 10.7 Å². The zero-order chi connectivity index (χ0) is 15.2. The van der Waals surface area contributed by atoms with E-state index in [0.717, 1.165) is 11.3 Å². The molecule has 0 aliphatic heterocycles. The van der Waals surface area contributed by atoms with Crippen LogP contribution in [0.5, 0.6) is 11.5 Å². The summed E-state index contributed by atoms with van der Waals surface area (Å²) in [6, 6.07) is 7.29. The molecule has 0 saturated carbocycles. The normalized spacial score (nSPS) is 11.3. The van der Waals surface area contributed by atoms with Gasteiger partial charge in [-0.1, -0.05) is 0 Å². The van der Waals surface area contributed by atoms with Gasteiger partial charge in [0.1, 0.15) is 23.8 Å². The molecule has 2 rings (SSSR count). The number of ether oxygens (including phenoxy) is 2. The molecule has 21 heavy (non-hydrogen) atoms. The molecule has 0 radical (unpaired) electrons. The molecule has 1 heterocycles. The molecule has 0 amide bonds. The fraction of sp³-hybridized carbons (Fsp3) is 0.267. The van der Waals surface area contributed by atoms with Crippen LogP contribution in [0.2, 0.25) is 0 Å². The maximum atomic E-state index is 5.89. The molecule has 0 unspecified atom stereocenters. The third-order valence-corrected chi connectivity index (χ3v) is 3.03. The molecule has 1 aromatic heterocycles. The second kappa shape index (κ2) is 6.69. The number of benzene rings is 1. The minimum atomic E-state index is 0.275. The number of furan rings is 1. The minimum Gasteiger partial charge on any atom is -0.497 e. The van der Waals surface area contributed by atoms with E-state index in [1.807, 2.05) is 19.1 Å². The average molecular weight is 289 g/mol. The monoisotopic (exact) mass is 289 g/mol. The smallest absolute Gasteiger partial charge is 0.193 e. The highest BCUT2D eigenvalue weighted by Gasteiger charge is 2.06. The lowest BCUT2D eigenvalue weighted by atomic mass is 10.2. The third-order valence-electron chi connectivity index (χ3n) is 3.03. The molecule has 0 saturated heterocycles. The largest absolute Gasteiger partial charge is 0.497 e. The van der Waals surface area contributed by atoms with E-state index in [1.165, 1.54) is 0 Å². The zero-order valence-corrected chi connectivity index (χ0v) is 12.3. The number of nitrogens with zero attached hydrogens (tertiary/aromatic N) is 1. The summed E-state index contributed by atoms with van der Waals surface area (Å²) in [7, 11) is 3.19. The Morgan fingerprint density at radius 1 is 1.29 bits per heavy atom. The Balaban J connectivity index is 2.11. The van der Waals surface area contributed by atoms with Crippen LogP contribution in [0, 0.1) is 6.92 Å². The first-order chi connectivity index (χ1) is 10.1. The molecule has 6 nitrogen and oxygen atoms in total. The van der Waals surface area contributed by atoms with Crippen molar-refractivity contribution in [2.75, 3.05) is 19.5 Å². The average Bonchev–Trinajstić information content (AvgIpc) is 2.90. The number of nitrogens with two attached hydrogens (primary N) is 1. The van der Waals surface area contributed by atoms with Crippen molar-refractivity contribution in [3.63, 3.8) is 0 Å². The molecule has 112 valence electrons. The molecule has 0 spiro atoms. The quantitative estimate of drug-likeness (QED) is 0.653. The number of anilines is 1. The summed E-state index contributed by atoms with van der Waals surface area (Å²) >= 11 is 0. The Labute approximate surface area is 123 Å². The van der Waals surface area contributed by atoms with E-state index in [0.29, 0.717) is 23.7 Å². The van der Waals surface area contributed by atoms with E-state index in [1.54, 1.807) is 32.6 Å². The first kappa shape index (κ1) is 14.8. The molecule has 3 N–H and O–H groups in total. The van der Waals surface area contributed by atoms with Crippen LogP contribution in [0.25, 0.3) is 0 Å². The number of aliphatic imine (C=N–C) groups is 1. The fourth-order valence-corrected chi connectivity index (χ4v) is 1.81. The van der Waals surface area contributed by atoms with Gasteiger partial charge in [-0.15, -0.1) is 0 Å². The molecular weight excluding hydrogens is 270 g/mol. The van der Waals surface area contributed by atoms with Crippen LogP contribution in [0.3, 0.4) is 0 Å². The Morgan fingerprint density at radius 3 is 2.71 bits per heavy atom. The van der Waals surface area contributed by atoms with E-state index in [2.05, 4.69) is 10.3 Å². The maximum absolute atomic E-state index is 5.89. The van der Waals surface area contributed by atoms with Crippen molar-refractivity contribution in [2.45, 2.75) is 13.5 Å². The zero-order valence-electron chi connectivity index (χ0n) is 12.3. The molecule has 0 atom stereocenters. The summed E-state index contributed by atoms with van der Waals surface area (Å²) in [5.41, 5.74) is 7.62. The summed E-state index contributed by atoms with van der Waals surface area (Å²) in [6.45, 7) is 2.34. The van der Waals surface area contributed by atoms with Crippen LogP contribution in [-0.4, -0.2) is 20.2 Å². The van der Waals surface area contributed by atoms with E-state index in [4.69, 9.17) is 19.6 Å². The lowest BCUT2D eigenvalue weighted by Crippen LogP contribution is -2.23. The number of hydrogen-bond donors (Lipinski definition) is 2. The minimum absolute atomic E-state index is 0.275. The number of guanidine groups is 1. The second-order valence-electron chi connectivity index (χ2n) is 4.42. The van der Waals surface area contributed by atoms with Crippen LogP contribution in [0.15, 0.2) is 39.9 Å². The highest BCUT2D eigenvalue weighted by Crippen LogP contribution is 2.28. The van der Waals surface area contributed by atoms with Gasteiger partial charge in [0.25, 0.3) is 0 Å². The summed E-state index contributed by atoms with van der Waals surface area (Å²) in [4.78, 5) is 4.25.